The average molecular weight is 141 g/mol. The quantitative estimate of drug-likeness (QED) is 0.518. The number of aryl methyl sites for hydroxylation is 1. The van der Waals surface area contributed by atoms with Crippen LogP contribution in [0.4, 0.5) is 0 Å². The van der Waals surface area contributed by atoms with Gasteiger partial charge in [0.05, 0.1) is 4.90 Å². The lowest BCUT2D eigenvalue weighted by Crippen LogP contribution is -2.06. The molecule has 1 heterocycles. The standard InChI is InChI=1S/C6H7NOS/c1-4-2-3-5(9)6(8)7-4/h2-3,9H,1H3,(H,7,8). The van der Waals surface area contributed by atoms with E-state index < -0.39 is 0 Å². The fraction of sp³-hybridized carbons (Fsp3) is 0.167. The van der Waals surface area contributed by atoms with E-state index in [9.17, 15) is 4.79 Å². The van der Waals surface area contributed by atoms with E-state index in [0.717, 1.165) is 5.69 Å². The molecule has 0 aromatic carbocycles. The van der Waals surface area contributed by atoms with Gasteiger partial charge in [-0.3, -0.25) is 4.79 Å². The number of pyridine rings is 1. The van der Waals surface area contributed by atoms with Crippen LogP contribution in [0.5, 0.6) is 0 Å². The van der Waals surface area contributed by atoms with Gasteiger partial charge in [-0.1, -0.05) is 0 Å². The predicted molar refractivity (Wildman–Crippen MR) is 39.1 cm³/mol. The molecule has 0 aliphatic rings. The minimum absolute atomic E-state index is 0.127. The van der Waals surface area contributed by atoms with Crippen molar-refractivity contribution in [2.45, 2.75) is 11.8 Å². The minimum Gasteiger partial charge on any atom is -0.326 e. The largest absolute Gasteiger partial charge is 0.326 e. The summed E-state index contributed by atoms with van der Waals surface area (Å²) in [6.45, 7) is 1.83. The maximum absolute atomic E-state index is 10.7. The second kappa shape index (κ2) is 2.27. The van der Waals surface area contributed by atoms with E-state index in [1.807, 2.05) is 13.0 Å². The first-order chi connectivity index (χ1) is 4.20. The monoisotopic (exact) mass is 141 g/mol. The van der Waals surface area contributed by atoms with E-state index in [2.05, 4.69) is 17.6 Å². The Balaban J connectivity index is 3.34. The molecule has 1 N–H and O–H groups in total. The highest BCUT2D eigenvalue weighted by molar-refractivity contribution is 7.80. The summed E-state index contributed by atoms with van der Waals surface area (Å²) < 4.78 is 0. The molecule has 1 aromatic rings. The molecule has 0 radical (unpaired) electrons. The Bertz CT molecular complexity index is 266. The van der Waals surface area contributed by atoms with Gasteiger partial charge in [0.25, 0.3) is 5.56 Å². The van der Waals surface area contributed by atoms with Crippen molar-refractivity contribution in [2.24, 2.45) is 0 Å². The summed E-state index contributed by atoms with van der Waals surface area (Å²) in [4.78, 5) is 13.8. The Morgan fingerprint density at radius 3 is 2.67 bits per heavy atom. The maximum atomic E-state index is 10.7. The van der Waals surface area contributed by atoms with Crippen molar-refractivity contribution in [1.82, 2.24) is 4.98 Å². The molecule has 48 valence electrons. The maximum Gasteiger partial charge on any atom is 0.261 e. The first kappa shape index (κ1) is 6.42. The van der Waals surface area contributed by atoms with Crippen LogP contribution in [0.1, 0.15) is 5.69 Å². The van der Waals surface area contributed by atoms with E-state index in [-0.39, 0.29) is 5.56 Å². The lowest BCUT2D eigenvalue weighted by molar-refractivity contribution is 1.08. The van der Waals surface area contributed by atoms with Crippen LogP contribution < -0.4 is 5.56 Å². The normalized spacial score (nSPS) is 9.56. The number of aromatic amines is 1. The van der Waals surface area contributed by atoms with Crippen molar-refractivity contribution in [3.05, 3.63) is 28.2 Å². The lowest BCUT2D eigenvalue weighted by Gasteiger charge is -1.90. The molecule has 0 amide bonds. The predicted octanol–water partition coefficient (Wildman–Crippen LogP) is 0.972. The minimum atomic E-state index is -0.127. The third kappa shape index (κ3) is 1.36. The van der Waals surface area contributed by atoms with Gasteiger partial charge in [-0.25, -0.2) is 0 Å². The lowest BCUT2D eigenvalue weighted by atomic mass is 10.4. The van der Waals surface area contributed by atoms with Gasteiger partial charge in [-0.2, -0.15) is 0 Å². The zero-order chi connectivity index (χ0) is 6.85. The van der Waals surface area contributed by atoms with Gasteiger partial charge in [-0.15, -0.1) is 12.6 Å². The van der Waals surface area contributed by atoms with Crippen LogP contribution in [-0.4, -0.2) is 4.98 Å². The second-order valence-electron chi connectivity index (χ2n) is 1.86. The highest BCUT2D eigenvalue weighted by atomic mass is 32.1. The molecule has 0 saturated carbocycles. The van der Waals surface area contributed by atoms with Crippen molar-refractivity contribution >= 4 is 12.6 Å². The van der Waals surface area contributed by atoms with Crippen LogP contribution in [0.15, 0.2) is 21.8 Å². The Kier molecular flexibility index (Phi) is 1.62. The Morgan fingerprint density at radius 1 is 1.56 bits per heavy atom. The third-order valence-electron chi connectivity index (χ3n) is 1.03. The van der Waals surface area contributed by atoms with Gasteiger partial charge in [0.2, 0.25) is 0 Å². The molecule has 0 atom stereocenters. The molecule has 0 saturated heterocycles. The van der Waals surface area contributed by atoms with E-state index in [1.54, 1.807) is 6.07 Å². The Hall–Kier alpha value is -0.700. The third-order valence-corrected chi connectivity index (χ3v) is 1.39. The van der Waals surface area contributed by atoms with Gasteiger partial charge in [0, 0.05) is 5.69 Å². The fourth-order valence-corrected chi connectivity index (χ4v) is 0.695. The Labute approximate surface area is 58.3 Å². The van der Waals surface area contributed by atoms with Crippen molar-refractivity contribution in [3.8, 4) is 0 Å². The topological polar surface area (TPSA) is 32.9 Å². The van der Waals surface area contributed by atoms with Crippen molar-refractivity contribution in [2.75, 3.05) is 0 Å². The van der Waals surface area contributed by atoms with Gasteiger partial charge in [-0.05, 0) is 19.1 Å². The van der Waals surface area contributed by atoms with Crippen molar-refractivity contribution < 1.29 is 0 Å². The Morgan fingerprint density at radius 2 is 2.22 bits per heavy atom. The molecule has 0 spiro atoms. The number of hydrogen-bond donors (Lipinski definition) is 2. The van der Waals surface area contributed by atoms with E-state index >= 15 is 0 Å². The molecule has 0 fully saturated rings. The molecule has 0 bridgehead atoms. The number of H-pyrrole nitrogens is 1. The zero-order valence-corrected chi connectivity index (χ0v) is 5.90. The summed E-state index contributed by atoms with van der Waals surface area (Å²) in [7, 11) is 0. The number of hydrogen-bond acceptors (Lipinski definition) is 2. The average Bonchev–Trinajstić information content (AvgIpc) is 1.80. The van der Waals surface area contributed by atoms with E-state index in [4.69, 9.17) is 0 Å². The molecule has 0 aliphatic heterocycles. The molecular weight excluding hydrogens is 134 g/mol. The van der Waals surface area contributed by atoms with Crippen LogP contribution in [-0.2, 0) is 0 Å². The second-order valence-corrected chi connectivity index (χ2v) is 2.34. The van der Waals surface area contributed by atoms with Gasteiger partial charge in [0.15, 0.2) is 0 Å². The van der Waals surface area contributed by atoms with E-state index in [1.165, 1.54) is 0 Å². The summed E-state index contributed by atoms with van der Waals surface area (Å²) in [5.41, 5.74) is 0.733. The molecule has 9 heavy (non-hydrogen) atoms. The first-order valence-electron chi connectivity index (χ1n) is 2.59. The molecule has 0 unspecified atom stereocenters. The fourth-order valence-electron chi connectivity index (χ4n) is 0.564. The summed E-state index contributed by atoms with van der Waals surface area (Å²) in [5.74, 6) is 0. The summed E-state index contributed by atoms with van der Waals surface area (Å²) in [6, 6.07) is 3.49. The number of nitrogens with one attached hydrogen (secondary N) is 1. The summed E-state index contributed by atoms with van der Waals surface area (Å²) in [6.07, 6.45) is 0. The first-order valence-corrected chi connectivity index (χ1v) is 3.04. The molecule has 1 rings (SSSR count). The van der Waals surface area contributed by atoms with E-state index in [0.29, 0.717) is 4.90 Å². The molecule has 1 aromatic heterocycles. The van der Waals surface area contributed by atoms with Crippen LogP contribution in [0.3, 0.4) is 0 Å². The van der Waals surface area contributed by atoms with Crippen LogP contribution in [0, 0.1) is 6.92 Å². The smallest absolute Gasteiger partial charge is 0.261 e. The van der Waals surface area contributed by atoms with Gasteiger partial charge in [0.1, 0.15) is 0 Å². The molecule has 3 heteroatoms. The van der Waals surface area contributed by atoms with Crippen molar-refractivity contribution in [1.29, 1.82) is 0 Å². The highest BCUT2D eigenvalue weighted by Gasteiger charge is 1.89. The SMILES string of the molecule is Cc1ccc(S)c(=O)[nH]1. The highest BCUT2D eigenvalue weighted by Crippen LogP contribution is 1.95. The number of rotatable bonds is 0. The summed E-state index contributed by atoms with van der Waals surface area (Å²) >= 11 is 3.90. The van der Waals surface area contributed by atoms with Crippen LogP contribution in [0.2, 0.25) is 0 Å². The van der Waals surface area contributed by atoms with Crippen molar-refractivity contribution in [3.63, 3.8) is 0 Å². The number of thiol groups is 1. The molecule has 0 aliphatic carbocycles. The van der Waals surface area contributed by atoms with Gasteiger partial charge >= 0.3 is 0 Å². The van der Waals surface area contributed by atoms with Crippen LogP contribution >= 0.6 is 12.6 Å². The summed E-state index contributed by atoms with van der Waals surface area (Å²) in [5, 5.41) is 0. The number of aromatic nitrogens is 1. The van der Waals surface area contributed by atoms with Gasteiger partial charge < -0.3 is 4.98 Å². The zero-order valence-electron chi connectivity index (χ0n) is 5.01. The van der Waals surface area contributed by atoms with Crippen LogP contribution in [0.25, 0.3) is 0 Å². The molecule has 2 nitrogen and oxygen atoms in total. The molecular formula is C6H7NOS.